The van der Waals surface area contributed by atoms with Gasteiger partial charge < -0.3 is 19.7 Å². The number of rotatable bonds is 3. The van der Waals surface area contributed by atoms with E-state index in [0.29, 0.717) is 12.3 Å². The van der Waals surface area contributed by atoms with Crippen molar-refractivity contribution in [2.24, 2.45) is 0 Å². The molecule has 1 atom stereocenters. The average molecular weight is 264 g/mol. The molecular formula is C13H16N2O4. The predicted molar refractivity (Wildman–Crippen MR) is 69.2 cm³/mol. The lowest BCUT2D eigenvalue weighted by Crippen LogP contribution is -2.57. The van der Waals surface area contributed by atoms with Crippen molar-refractivity contribution in [1.29, 1.82) is 0 Å². The SMILES string of the molecule is COC(=O)C1CN(c2ccccc2OC)CC(=O)N1. The lowest BCUT2D eigenvalue weighted by Gasteiger charge is -2.33. The first kappa shape index (κ1) is 13.2. The van der Waals surface area contributed by atoms with E-state index in [-0.39, 0.29) is 12.5 Å². The van der Waals surface area contributed by atoms with Gasteiger partial charge in [-0.15, -0.1) is 0 Å². The fraction of sp³-hybridized carbons (Fsp3) is 0.385. The van der Waals surface area contributed by atoms with E-state index in [1.54, 1.807) is 12.0 Å². The lowest BCUT2D eigenvalue weighted by molar-refractivity contribution is -0.145. The Morgan fingerprint density at radius 3 is 2.79 bits per heavy atom. The number of amides is 1. The quantitative estimate of drug-likeness (QED) is 0.788. The normalized spacial score (nSPS) is 18.7. The molecule has 1 unspecified atom stereocenters. The van der Waals surface area contributed by atoms with Gasteiger partial charge in [-0.3, -0.25) is 4.79 Å². The molecule has 2 rings (SSSR count). The van der Waals surface area contributed by atoms with Gasteiger partial charge in [0.1, 0.15) is 11.8 Å². The van der Waals surface area contributed by atoms with Crippen LogP contribution in [0, 0.1) is 0 Å². The number of carbonyl (C=O) groups excluding carboxylic acids is 2. The number of ether oxygens (including phenoxy) is 2. The second kappa shape index (κ2) is 5.60. The fourth-order valence-electron chi connectivity index (χ4n) is 2.09. The van der Waals surface area contributed by atoms with Crippen LogP contribution in [0.5, 0.6) is 5.75 Å². The molecule has 1 amide bonds. The topological polar surface area (TPSA) is 67.9 Å². The highest BCUT2D eigenvalue weighted by atomic mass is 16.5. The summed E-state index contributed by atoms with van der Waals surface area (Å²) >= 11 is 0. The zero-order chi connectivity index (χ0) is 13.8. The average Bonchev–Trinajstić information content (AvgIpc) is 2.45. The van der Waals surface area contributed by atoms with Gasteiger partial charge in [-0.1, -0.05) is 12.1 Å². The van der Waals surface area contributed by atoms with Gasteiger partial charge in [0.25, 0.3) is 0 Å². The summed E-state index contributed by atoms with van der Waals surface area (Å²) in [4.78, 5) is 25.0. The first-order valence-corrected chi connectivity index (χ1v) is 5.91. The number of nitrogens with zero attached hydrogens (tertiary/aromatic N) is 1. The molecule has 1 aromatic carbocycles. The number of hydrogen-bond acceptors (Lipinski definition) is 5. The molecule has 1 fully saturated rings. The van der Waals surface area contributed by atoms with Crippen molar-refractivity contribution in [3.8, 4) is 5.75 Å². The van der Waals surface area contributed by atoms with E-state index in [0.717, 1.165) is 5.69 Å². The van der Waals surface area contributed by atoms with Crippen molar-refractivity contribution >= 4 is 17.6 Å². The van der Waals surface area contributed by atoms with Gasteiger partial charge in [0.15, 0.2) is 0 Å². The van der Waals surface area contributed by atoms with Crippen LogP contribution in [-0.4, -0.2) is 45.2 Å². The maximum absolute atomic E-state index is 11.7. The molecule has 1 aromatic rings. The number of esters is 1. The zero-order valence-electron chi connectivity index (χ0n) is 10.9. The summed E-state index contributed by atoms with van der Waals surface area (Å²) in [6.07, 6.45) is 0. The van der Waals surface area contributed by atoms with Crippen LogP contribution in [0.25, 0.3) is 0 Å². The summed E-state index contributed by atoms with van der Waals surface area (Å²) in [6.45, 7) is 0.548. The minimum atomic E-state index is -0.656. The number of hydrogen-bond donors (Lipinski definition) is 1. The second-order valence-electron chi connectivity index (χ2n) is 4.20. The van der Waals surface area contributed by atoms with Gasteiger partial charge in [0, 0.05) is 6.54 Å². The molecule has 1 aliphatic heterocycles. The molecule has 0 radical (unpaired) electrons. The Bertz CT molecular complexity index is 489. The molecule has 0 saturated carbocycles. The third-order valence-electron chi connectivity index (χ3n) is 2.98. The molecule has 1 saturated heterocycles. The number of piperazine rings is 1. The van der Waals surface area contributed by atoms with E-state index in [1.807, 2.05) is 24.3 Å². The van der Waals surface area contributed by atoms with Crippen molar-refractivity contribution in [2.45, 2.75) is 6.04 Å². The number of methoxy groups -OCH3 is 2. The maximum atomic E-state index is 11.7. The van der Waals surface area contributed by atoms with Crippen molar-refractivity contribution in [3.05, 3.63) is 24.3 Å². The molecule has 1 aliphatic rings. The van der Waals surface area contributed by atoms with E-state index >= 15 is 0 Å². The first-order valence-electron chi connectivity index (χ1n) is 5.91. The van der Waals surface area contributed by atoms with Gasteiger partial charge >= 0.3 is 5.97 Å². The minimum Gasteiger partial charge on any atom is -0.495 e. The van der Waals surface area contributed by atoms with Crippen LogP contribution in [0.2, 0.25) is 0 Å². The fourth-order valence-corrected chi connectivity index (χ4v) is 2.09. The van der Waals surface area contributed by atoms with E-state index in [9.17, 15) is 9.59 Å². The van der Waals surface area contributed by atoms with Crippen molar-refractivity contribution < 1.29 is 19.1 Å². The van der Waals surface area contributed by atoms with E-state index in [1.165, 1.54) is 7.11 Å². The number of para-hydroxylation sites is 2. The molecule has 19 heavy (non-hydrogen) atoms. The number of benzene rings is 1. The smallest absolute Gasteiger partial charge is 0.330 e. The molecule has 1 heterocycles. The molecule has 0 aliphatic carbocycles. The Balaban J connectivity index is 2.24. The largest absolute Gasteiger partial charge is 0.495 e. The van der Waals surface area contributed by atoms with E-state index in [2.05, 4.69) is 10.1 Å². The Kier molecular flexibility index (Phi) is 3.89. The first-order chi connectivity index (χ1) is 9.15. The standard InChI is InChI=1S/C13H16N2O4/c1-18-11-6-4-3-5-10(11)15-7-9(13(17)19-2)14-12(16)8-15/h3-6,9H,7-8H2,1-2H3,(H,14,16). The van der Waals surface area contributed by atoms with Gasteiger partial charge in [0.2, 0.25) is 5.91 Å². The Labute approximate surface area is 111 Å². The van der Waals surface area contributed by atoms with Crippen molar-refractivity contribution in [3.63, 3.8) is 0 Å². The van der Waals surface area contributed by atoms with Crippen molar-refractivity contribution in [2.75, 3.05) is 32.2 Å². The Hall–Kier alpha value is -2.24. The molecule has 6 heteroatoms. The van der Waals surface area contributed by atoms with Crippen LogP contribution in [-0.2, 0) is 14.3 Å². The summed E-state index contributed by atoms with van der Waals surface area (Å²) in [5.41, 5.74) is 0.786. The third-order valence-corrected chi connectivity index (χ3v) is 2.98. The molecule has 0 aromatic heterocycles. The van der Waals surface area contributed by atoms with Crippen LogP contribution < -0.4 is 15.0 Å². The maximum Gasteiger partial charge on any atom is 0.330 e. The summed E-state index contributed by atoms with van der Waals surface area (Å²) in [7, 11) is 2.87. The molecule has 6 nitrogen and oxygen atoms in total. The Morgan fingerprint density at radius 2 is 2.11 bits per heavy atom. The highest BCUT2D eigenvalue weighted by Crippen LogP contribution is 2.28. The highest BCUT2D eigenvalue weighted by molar-refractivity contribution is 5.90. The van der Waals surface area contributed by atoms with E-state index in [4.69, 9.17) is 4.74 Å². The summed E-state index contributed by atoms with van der Waals surface area (Å²) < 4.78 is 9.93. The zero-order valence-corrected chi connectivity index (χ0v) is 10.9. The Morgan fingerprint density at radius 1 is 1.37 bits per heavy atom. The number of nitrogens with one attached hydrogen (secondary N) is 1. The molecule has 0 spiro atoms. The molecule has 102 valence electrons. The van der Waals surface area contributed by atoms with Crippen molar-refractivity contribution in [1.82, 2.24) is 5.32 Å². The second-order valence-corrected chi connectivity index (χ2v) is 4.20. The van der Waals surface area contributed by atoms with Gasteiger partial charge in [-0.05, 0) is 12.1 Å². The third kappa shape index (κ3) is 2.78. The molecule has 1 N–H and O–H groups in total. The monoisotopic (exact) mass is 264 g/mol. The van der Waals surface area contributed by atoms with Gasteiger partial charge in [-0.25, -0.2) is 4.79 Å². The summed E-state index contributed by atoms with van der Waals surface area (Å²) in [5, 5.41) is 2.61. The van der Waals surface area contributed by atoms with Gasteiger partial charge in [0.05, 0.1) is 26.5 Å². The predicted octanol–water partition coefficient (Wildman–Crippen LogP) is 0.173. The van der Waals surface area contributed by atoms with E-state index < -0.39 is 12.0 Å². The number of anilines is 1. The van der Waals surface area contributed by atoms with Gasteiger partial charge in [-0.2, -0.15) is 0 Å². The van der Waals surface area contributed by atoms with Crippen LogP contribution in [0.3, 0.4) is 0 Å². The molecular weight excluding hydrogens is 248 g/mol. The van der Waals surface area contributed by atoms with Crippen LogP contribution in [0.15, 0.2) is 24.3 Å². The summed E-state index contributed by atoms with van der Waals surface area (Å²) in [6, 6.07) is 6.72. The van der Waals surface area contributed by atoms with Crippen LogP contribution in [0.4, 0.5) is 5.69 Å². The minimum absolute atomic E-state index is 0.188. The lowest BCUT2D eigenvalue weighted by atomic mass is 10.1. The number of carbonyl (C=O) groups is 2. The summed E-state index contributed by atoms with van der Waals surface area (Å²) in [5.74, 6) is 0.00122. The van der Waals surface area contributed by atoms with Crippen LogP contribution >= 0.6 is 0 Å². The van der Waals surface area contributed by atoms with Crippen LogP contribution in [0.1, 0.15) is 0 Å². The highest BCUT2D eigenvalue weighted by Gasteiger charge is 2.31. The molecule has 0 bridgehead atoms.